The van der Waals surface area contributed by atoms with Crippen LogP contribution in [0.25, 0.3) is 11.3 Å². The molecule has 0 amide bonds. The highest BCUT2D eigenvalue weighted by Gasteiger charge is 2.15. The number of rotatable bonds is 7. The number of benzene rings is 2. The first-order valence-electron chi connectivity index (χ1n) is 15.4. The summed E-state index contributed by atoms with van der Waals surface area (Å²) in [5.41, 5.74) is 6.73. The molecule has 5 nitrogen and oxygen atoms in total. The van der Waals surface area contributed by atoms with Crippen LogP contribution in [0, 0.1) is 19.8 Å². The van der Waals surface area contributed by atoms with Crippen molar-refractivity contribution >= 4 is 29.5 Å². The Balaban J connectivity index is 0.000000998. The second kappa shape index (κ2) is 20.4. The molecule has 0 saturated carbocycles. The Morgan fingerprint density at radius 3 is 2.17 bits per heavy atom. The lowest BCUT2D eigenvalue weighted by Crippen LogP contribution is -2.29. The van der Waals surface area contributed by atoms with Crippen LogP contribution >= 0.6 is 23.5 Å². The third-order valence-corrected chi connectivity index (χ3v) is 7.09. The molecule has 7 heteroatoms. The number of halogens is 1. The van der Waals surface area contributed by atoms with Crippen molar-refractivity contribution in [3.05, 3.63) is 82.7 Å². The van der Waals surface area contributed by atoms with E-state index in [2.05, 4.69) is 110 Å². The minimum atomic E-state index is 0.425. The molecule has 2 aromatic carbocycles. The fourth-order valence-corrected chi connectivity index (χ4v) is 5.23. The number of hydrogen-bond acceptors (Lipinski definition) is 6. The van der Waals surface area contributed by atoms with E-state index < -0.39 is 0 Å². The molecule has 1 N–H and O–H groups in total. The highest BCUT2D eigenvalue weighted by Crippen LogP contribution is 2.29. The van der Waals surface area contributed by atoms with Gasteiger partial charge in [-0.1, -0.05) is 97.0 Å². The van der Waals surface area contributed by atoms with Crippen LogP contribution in [0.1, 0.15) is 78.5 Å². The van der Waals surface area contributed by atoms with Crippen molar-refractivity contribution in [3.63, 3.8) is 0 Å². The lowest BCUT2D eigenvalue weighted by Gasteiger charge is -2.23. The van der Waals surface area contributed by atoms with Crippen molar-refractivity contribution < 1.29 is 0 Å². The molecule has 1 aromatic heterocycles. The first kappa shape index (κ1) is 37.5. The molecule has 1 aliphatic rings. The molecule has 0 unspecified atom stereocenters. The Labute approximate surface area is 266 Å². The molecule has 1 fully saturated rings. The molecule has 0 aliphatic carbocycles. The minimum Gasteiger partial charge on any atom is -0.374 e. The summed E-state index contributed by atoms with van der Waals surface area (Å²) in [5, 5.41) is 0.425. The summed E-state index contributed by atoms with van der Waals surface area (Å²) >= 11 is 7.86. The second-order valence-corrected chi connectivity index (χ2v) is 11.9. The topological polar surface area (TPSA) is 44.3 Å². The molecule has 1 saturated heterocycles. The van der Waals surface area contributed by atoms with Gasteiger partial charge in [-0.3, -0.25) is 9.62 Å². The molecule has 2 heterocycles. The predicted octanol–water partition coefficient (Wildman–Crippen LogP) is 10.3. The number of anilines is 1. The van der Waals surface area contributed by atoms with Crippen molar-refractivity contribution in [2.45, 2.75) is 87.1 Å². The fraction of sp³-hybridized carbons (Fsp3) is 0.486. The van der Waals surface area contributed by atoms with Gasteiger partial charge in [-0.25, -0.2) is 9.97 Å². The Morgan fingerprint density at radius 1 is 0.929 bits per heavy atom. The number of nitrogens with one attached hydrogen (secondary N) is 1. The molecule has 42 heavy (non-hydrogen) atoms. The molecule has 4 rings (SSSR count). The zero-order chi connectivity index (χ0) is 31.7. The van der Waals surface area contributed by atoms with E-state index in [1.165, 1.54) is 28.6 Å². The van der Waals surface area contributed by atoms with E-state index in [-0.39, 0.29) is 0 Å². The van der Waals surface area contributed by atoms with Crippen LogP contribution in [0.5, 0.6) is 0 Å². The average molecular weight is 612 g/mol. The maximum absolute atomic E-state index is 6.35. The molecule has 0 atom stereocenters. The SMILES string of the molecule is C=C(C)N1CCCN(Cc2cccc(SNc3nc(Cl)cc(-c4c(C)cccc4C)n3)c2)CC1.CC.CC.CC(C)C. The van der Waals surface area contributed by atoms with Crippen LogP contribution < -0.4 is 4.72 Å². The summed E-state index contributed by atoms with van der Waals surface area (Å²) in [6, 6.07) is 16.7. The summed E-state index contributed by atoms with van der Waals surface area (Å²) in [7, 11) is 0. The van der Waals surface area contributed by atoms with Crippen molar-refractivity contribution in [1.82, 2.24) is 19.8 Å². The van der Waals surface area contributed by atoms with Crippen molar-refractivity contribution in [3.8, 4) is 11.3 Å². The smallest absolute Gasteiger partial charge is 0.235 e. The van der Waals surface area contributed by atoms with Gasteiger partial charge in [0.1, 0.15) is 5.15 Å². The van der Waals surface area contributed by atoms with Crippen LogP contribution in [-0.2, 0) is 6.54 Å². The predicted molar refractivity (Wildman–Crippen MR) is 187 cm³/mol. The normalized spacial score (nSPS) is 13.0. The summed E-state index contributed by atoms with van der Waals surface area (Å²) < 4.78 is 3.29. The van der Waals surface area contributed by atoms with Crippen LogP contribution in [0.3, 0.4) is 0 Å². The molecule has 232 valence electrons. The van der Waals surface area contributed by atoms with Crippen LogP contribution in [0.4, 0.5) is 5.95 Å². The Kier molecular flexibility index (Phi) is 18.2. The van der Waals surface area contributed by atoms with Gasteiger partial charge in [0.15, 0.2) is 0 Å². The van der Waals surface area contributed by atoms with Gasteiger partial charge in [0.25, 0.3) is 0 Å². The summed E-state index contributed by atoms with van der Waals surface area (Å²) in [4.78, 5) is 15.2. The monoisotopic (exact) mass is 611 g/mol. The van der Waals surface area contributed by atoms with Gasteiger partial charge in [-0.15, -0.1) is 0 Å². The Morgan fingerprint density at radius 2 is 1.55 bits per heavy atom. The number of aryl methyl sites for hydroxylation is 2. The van der Waals surface area contributed by atoms with Gasteiger partial charge in [0.05, 0.1) is 5.69 Å². The van der Waals surface area contributed by atoms with Crippen LogP contribution in [-0.4, -0.2) is 45.9 Å². The van der Waals surface area contributed by atoms with E-state index in [1.54, 1.807) is 0 Å². The Bertz CT molecular complexity index is 1190. The number of aromatic nitrogens is 2. The lowest BCUT2D eigenvalue weighted by molar-refractivity contribution is 0.271. The van der Waals surface area contributed by atoms with Crippen molar-refractivity contribution in [2.75, 3.05) is 30.9 Å². The van der Waals surface area contributed by atoms with Gasteiger partial charge in [-0.2, -0.15) is 0 Å². The lowest BCUT2D eigenvalue weighted by atomic mass is 10.00. The highest BCUT2D eigenvalue weighted by molar-refractivity contribution is 8.00. The molecular weight excluding hydrogens is 558 g/mol. The Hall–Kier alpha value is -2.54. The van der Waals surface area contributed by atoms with Gasteiger partial charge in [-0.05, 0) is 73.9 Å². The van der Waals surface area contributed by atoms with Crippen LogP contribution in [0.2, 0.25) is 5.15 Å². The van der Waals surface area contributed by atoms with Crippen LogP contribution in [0.15, 0.2) is 65.7 Å². The number of allylic oxidation sites excluding steroid dienone is 1. The second-order valence-electron chi connectivity index (χ2n) is 10.6. The zero-order valence-electron chi connectivity index (χ0n) is 27.7. The molecule has 0 radical (unpaired) electrons. The third-order valence-electron chi connectivity index (χ3n) is 6.13. The van der Waals surface area contributed by atoms with Gasteiger partial charge >= 0.3 is 0 Å². The molecular formula is C35H54ClN5S. The maximum atomic E-state index is 6.35. The molecule has 3 aromatic rings. The van der Waals surface area contributed by atoms with Gasteiger partial charge in [0, 0.05) is 54.9 Å². The van der Waals surface area contributed by atoms with Crippen molar-refractivity contribution in [1.29, 1.82) is 0 Å². The molecule has 0 bridgehead atoms. The highest BCUT2D eigenvalue weighted by atomic mass is 35.5. The zero-order valence-corrected chi connectivity index (χ0v) is 29.3. The van der Waals surface area contributed by atoms with E-state index in [1.807, 2.05) is 33.8 Å². The first-order valence-corrected chi connectivity index (χ1v) is 16.6. The molecule has 1 aliphatic heterocycles. The van der Waals surface area contributed by atoms with E-state index in [0.717, 1.165) is 66.9 Å². The number of nitrogens with zero attached hydrogens (tertiary/aromatic N) is 4. The number of hydrogen-bond donors (Lipinski definition) is 1. The summed E-state index contributed by atoms with van der Waals surface area (Å²) in [6.45, 7) is 30.1. The van der Waals surface area contributed by atoms with E-state index in [0.29, 0.717) is 11.1 Å². The molecule has 0 spiro atoms. The fourth-order valence-electron chi connectivity index (χ4n) is 4.39. The van der Waals surface area contributed by atoms with E-state index >= 15 is 0 Å². The quantitative estimate of drug-likeness (QED) is 0.212. The van der Waals surface area contributed by atoms with Gasteiger partial charge < -0.3 is 4.90 Å². The summed E-state index contributed by atoms with van der Waals surface area (Å²) in [6.07, 6.45) is 1.16. The third kappa shape index (κ3) is 13.2. The van der Waals surface area contributed by atoms with Crippen molar-refractivity contribution in [2.24, 2.45) is 5.92 Å². The first-order chi connectivity index (χ1) is 20.1. The average Bonchev–Trinajstić information content (AvgIpc) is 3.20. The van der Waals surface area contributed by atoms with Gasteiger partial charge in [0.2, 0.25) is 5.95 Å². The summed E-state index contributed by atoms with van der Waals surface area (Å²) in [5.74, 6) is 1.34. The largest absolute Gasteiger partial charge is 0.374 e. The maximum Gasteiger partial charge on any atom is 0.235 e. The standard InChI is InChI=1S/C27H32ClN5S.C4H10.2C2H6/c1-19(2)33-13-7-12-32(14-15-33)18-22-10-6-11-23(16-22)34-31-27-29-24(17-25(28)30-27)26-20(3)8-5-9-21(26)4;1-4(2)3;2*1-2/h5-6,8-11,16-17H,1,7,12-15,18H2,2-4H3,(H,29,30,31);4H,1-3H3;2*1-2H3. The van der Waals surface area contributed by atoms with E-state index in [9.17, 15) is 0 Å². The minimum absolute atomic E-state index is 0.425. The van der Waals surface area contributed by atoms with E-state index in [4.69, 9.17) is 16.6 Å².